The van der Waals surface area contributed by atoms with Crippen LogP contribution in [0.3, 0.4) is 0 Å². The van der Waals surface area contributed by atoms with Crippen molar-refractivity contribution in [2.75, 3.05) is 12.4 Å². The van der Waals surface area contributed by atoms with E-state index in [1.165, 1.54) is 11.3 Å². The van der Waals surface area contributed by atoms with Gasteiger partial charge in [-0.25, -0.2) is 4.79 Å². The summed E-state index contributed by atoms with van der Waals surface area (Å²) in [6, 6.07) is 10.7. The highest BCUT2D eigenvalue weighted by Gasteiger charge is 2.29. The van der Waals surface area contributed by atoms with E-state index in [-0.39, 0.29) is 12.4 Å². The van der Waals surface area contributed by atoms with Crippen molar-refractivity contribution >= 4 is 62.9 Å². The lowest BCUT2D eigenvalue weighted by Gasteiger charge is -2.05. The van der Waals surface area contributed by atoms with Crippen LogP contribution in [0.5, 0.6) is 0 Å². The molecule has 0 saturated heterocycles. The van der Waals surface area contributed by atoms with Gasteiger partial charge in [-0.15, -0.1) is 29.0 Å². The maximum Gasteiger partial charge on any atom is 0.341 e. The first-order valence-corrected chi connectivity index (χ1v) is 12.2. The zero-order valence-electron chi connectivity index (χ0n) is 17.8. The number of ether oxygens (including phenoxy) is 1. The van der Waals surface area contributed by atoms with Gasteiger partial charge in [0, 0.05) is 22.2 Å². The minimum Gasteiger partial charge on any atom is -0.462 e. The maximum atomic E-state index is 13.6. The molecule has 0 aliphatic carbocycles. The number of ketones is 1. The monoisotopic (exact) mass is 481 g/mol. The molecule has 162 valence electrons. The van der Waals surface area contributed by atoms with Gasteiger partial charge in [0.1, 0.15) is 0 Å². The zero-order valence-corrected chi connectivity index (χ0v) is 20.2. The minimum atomic E-state index is -0.432. The molecule has 3 aromatic heterocycles. The largest absolute Gasteiger partial charge is 0.462 e. The number of thiophene rings is 1. The second kappa shape index (κ2) is 9.41. The molecule has 0 aliphatic rings. The van der Waals surface area contributed by atoms with Crippen LogP contribution in [0.15, 0.2) is 46.8 Å². The van der Waals surface area contributed by atoms with E-state index in [0.717, 1.165) is 20.8 Å². The summed E-state index contributed by atoms with van der Waals surface area (Å²) < 4.78 is 8.32. The average Bonchev–Trinajstić information content (AvgIpc) is 3.29. The maximum absolute atomic E-state index is 13.6. The van der Waals surface area contributed by atoms with Gasteiger partial charge in [0.2, 0.25) is 5.78 Å². The third-order valence-corrected chi connectivity index (χ3v) is 7.53. The first-order valence-electron chi connectivity index (χ1n) is 10.0. The molecule has 7 heteroatoms. The molecule has 0 radical (unpaired) electrons. The van der Waals surface area contributed by atoms with Gasteiger partial charge >= 0.3 is 5.97 Å². The van der Waals surface area contributed by atoms with Gasteiger partial charge in [0.05, 0.1) is 38.0 Å². The van der Waals surface area contributed by atoms with Gasteiger partial charge in [-0.1, -0.05) is 17.5 Å². The van der Waals surface area contributed by atoms with Crippen molar-refractivity contribution in [2.24, 2.45) is 0 Å². The molecule has 0 unspecified atom stereocenters. The van der Waals surface area contributed by atoms with Crippen LogP contribution in [0.4, 0.5) is 0 Å². The van der Waals surface area contributed by atoms with E-state index >= 15 is 0 Å². The van der Waals surface area contributed by atoms with E-state index in [1.54, 1.807) is 49.9 Å². The van der Waals surface area contributed by atoms with Crippen LogP contribution < -0.4 is 0 Å². The molecule has 1 aromatic carbocycles. The Morgan fingerprint density at radius 1 is 1.22 bits per heavy atom. The molecule has 4 nitrogen and oxygen atoms in total. The van der Waals surface area contributed by atoms with Crippen LogP contribution in [0.2, 0.25) is 5.02 Å². The molecule has 0 amide bonds. The van der Waals surface area contributed by atoms with Crippen molar-refractivity contribution in [3.63, 3.8) is 0 Å². The van der Waals surface area contributed by atoms with E-state index in [2.05, 4.69) is 11.8 Å². The summed E-state index contributed by atoms with van der Waals surface area (Å²) in [5.41, 5.74) is 3.53. The number of rotatable bonds is 6. The SMILES string of the molecule is CC#CCSc1sc(C(=O)c2ccc(Cl)cc2)c2c(C(=O)OCC)c3cc(C)ccn3c12. The Morgan fingerprint density at radius 2 is 1.97 bits per heavy atom. The smallest absolute Gasteiger partial charge is 0.341 e. The van der Waals surface area contributed by atoms with Crippen molar-refractivity contribution in [3.05, 3.63) is 69.2 Å². The highest BCUT2D eigenvalue weighted by molar-refractivity contribution is 8.01. The number of hydrogen-bond donors (Lipinski definition) is 0. The number of benzene rings is 1. The van der Waals surface area contributed by atoms with Crippen LogP contribution in [0.1, 0.15) is 45.0 Å². The lowest BCUT2D eigenvalue weighted by Crippen LogP contribution is -2.06. The highest BCUT2D eigenvalue weighted by atomic mass is 35.5. The number of nitrogens with zero attached hydrogens (tertiary/aromatic N) is 1. The Balaban J connectivity index is 2.05. The Morgan fingerprint density at radius 3 is 2.66 bits per heavy atom. The first-order chi connectivity index (χ1) is 15.5. The lowest BCUT2D eigenvalue weighted by molar-refractivity contribution is 0.0531. The van der Waals surface area contributed by atoms with Gasteiger partial charge in [0.25, 0.3) is 0 Å². The molecule has 0 spiro atoms. The van der Waals surface area contributed by atoms with E-state index in [4.69, 9.17) is 16.3 Å². The fourth-order valence-electron chi connectivity index (χ4n) is 3.55. The number of carbonyl (C=O) groups excluding carboxylic acids is 2. The number of halogens is 1. The zero-order chi connectivity index (χ0) is 22.8. The van der Waals surface area contributed by atoms with E-state index in [0.29, 0.717) is 32.2 Å². The average molecular weight is 482 g/mol. The van der Waals surface area contributed by atoms with Gasteiger partial charge < -0.3 is 9.14 Å². The Labute approximate surface area is 199 Å². The fraction of sp³-hybridized carbons (Fsp3) is 0.200. The molecular weight excluding hydrogens is 462 g/mol. The molecule has 4 rings (SSSR count). The number of fused-ring (bicyclic) bond motifs is 3. The molecular formula is C25H20ClNO3S2. The summed E-state index contributed by atoms with van der Waals surface area (Å²) in [5, 5.41) is 1.19. The molecule has 0 saturated carbocycles. The van der Waals surface area contributed by atoms with Crippen molar-refractivity contribution in [1.82, 2.24) is 4.40 Å². The van der Waals surface area contributed by atoms with Gasteiger partial charge in [-0.3, -0.25) is 4.79 Å². The van der Waals surface area contributed by atoms with Gasteiger partial charge in [0.15, 0.2) is 0 Å². The van der Waals surface area contributed by atoms with E-state index < -0.39 is 5.97 Å². The summed E-state index contributed by atoms with van der Waals surface area (Å²) in [6.45, 7) is 5.80. The Kier molecular flexibility index (Phi) is 6.61. The van der Waals surface area contributed by atoms with Crippen LogP contribution in [-0.2, 0) is 4.74 Å². The van der Waals surface area contributed by atoms with E-state index in [9.17, 15) is 9.59 Å². The molecule has 0 atom stereocenters. The molecule has 0 N–H and O–H groups in total. The molecule has 0 fully saturated rings. The van der Waals surface area contributed by atoms with Crippen LogP contribution in [0.25, 0.3) is 16.4 Å². The van der Waals surface area contributed by atoms with Crippen LogP contribution in [-0.4, -0.2) is 28.5 Å². The predicted molar refractivity (Wildman–Crippen MR) is 133 cm³/mol. The number of esters is 1. The van der Waals surface area contributed by atoms with Crippen LogP contribution >= 0.6 is 34.7 Å². The second-order valence-corrected chi connectivity index (χ2v) is 9.75. The number of aromatic nitrogens is 1. The van der Waals surface area contributed by atoms with Gasteiger partial charge in [-0.2, -0.15) is 0 Å². The molecule has 32 heavy (non-hydrogen) atoms. The second-order valence-electron chi connectivity index (χ2n) is 7.05. The van der Waals surface area contributed by atoms with Crippen molar-refractivity contribution < 1.29 is 14.3 Å². The normalized spacial score (nSPS) is 10.9. The summed E-state index contributed by atoms with van der Waals surface area (Å²) in [4.78, 5) is 27.2. The molecule has 3 heterocycles. The van der Waals surface area contributed by atoms with Crippen LogP contribution in [0, 0.1) is 18.8 Å². The summed E-state index contributed by atoms with van der Waals surface area (Å²) >= 11 is 8.97. The third-order valence-electron chi connectivity index (χ3n) is 4.95. The number of hydrogen-bond acceptors (Lipinski definition) is 5. The Bertz CT molecular complexity index is 1400. The molecule has 0 aliphatic heterocycles. The summed E-state index contributed by atoms with van der Waals surface area (Å²) in [7, 11) is 0. The topological polar surface area (TPSA) is 47.8 Å². The lowest BCUT2D eigenvalue weighted by atomic mass is 10.1. The summed E-state index contributed by atoms with van der Waals surface area (Å²) in [5.74, 6) is 5.98. The quantitative estimate of drug-likeness (QED) is 0.134. The number of carbonyl (C=O) groups is 2. The van der Waals surface area contributed by atoms with Crippen molar-refractivity contribution in [1.29, 1.82) is 0 Å². The fourth-order valence-corrected chi connectivity index (χ4v) is 6.01. The van der Waals surface area contributed by atoms with Crippen molar-refractivity contribution in [3.8, 4) is 11.8 Å². The summed E-state index contributed by atoms with van der Waals surface area (Å²) in [6.07, 6.45) is 1.94. The molecule has 0 bridgehead atoms. The standard InChI is InChI=1S/C25H20ClNO3S2/c1-4-6-13-31-25-21-20(23(32-25)22(28)16-7-9-17(26)10-8-16)19(24(29)30-5-2)18-14-15(3)11-12-27(18)21/h7-12,14H,5,13H2,1-3H3. The number of aryl methyl sites for hydroxylation is 1. The predicted octanol–water partition coefficient (Wildman–Crippen LogP) is 6.64. The van der Waals surface area contributed by atoms with Gasteiger partial charge in [-0.05, 0) is 62.7 Å². The number of thioether (sulfide) groups is 1. The third kappa shape index (κ3) is 4.04. The van der Waals surface area contributed by atoms with E-state index in [1.807, 2.05) is 29.7 Å². The Hall–Kier alpha value is -2.72. The highest BCUT2D eigenvalue weighted by Crippen LogP contribution is 2.44. The van der Waals surface area contributed by atoms with Crippen molar-refractivity contribution in [2.45, 2.75) is 25.0 Å². The molecule has 4 aromatic rings. The first kappa shape index (κ1) is 22.5. The minimum absolute atomic E-state index is 0.150. The number of pyridine rings is 1.